The van der Waals surface area contributed by atoms with E-state index in [0.29, 0.717) is 23.5 Å². The van der Waals surface area contributed by atoms with Gasteiger partial charge in [0.2, 0.25) is 0 Å². The maximum Gasteiger partial charge on any atom is 0.262 e. The van der Waals surface area contributed by atoms with Crippen LogP contribution in [0.1, 0.15) is 15.9 Å². The minimum absolute atomic E-state index is 0.0541. The number of sulfonamides is 1. The van der Waals surface area contributed by atoms with Crippen LogP contribution in [0.5, 0.6) is 5.75 Å². The fourth-order valence-electron chi connectivity index (χ4n) is 2.88. The van der Waals surface area contributed by atoms with Crippen molar-refractivity contribution in [1.82, 2.24) is 4.90 Å². The summed E-state index contributed by atoms with van der Waals surface area (Å²) >= 11 is 3.48. The molecule has 6 nitrogen and oxygen atoms in total. The number of para-hydroxylation sites is 2. The standard InChI is InChI=1S/C22H21BrN2O4S/c1-25(15-17-7-3-4-8-19(17)23)22(26)16-11-13-18(14-12-16)30(27,28)24-20-9-5-6-10-21(20)29-2/h3-14,24H,15H2,1-2H3. The third-order valence-corrected chi connectivity index (χ3v) is 6.63. The number of anilines is 1. The predicted molar refractivity (Wildman–Crippen MR) is 120 cm³/mol. The summed E-state index contributed by atoms with van der Waals surface area (Å²) in [6.07, 6.45) is 0. The summed E-state index contributed by atoms with van der Waals surface area (Å²) in [5, 5.41) is 0. The highest BCUT2D eigenvalue weighted by molar-refractivity contribution is 9.10. The smallest absolute Gasteiger partial charge is 0.262 e. The molecule has 0 heterocycles. The third kappa shape index (κ3) is 5.01. The van der Waals surface area contributed by atoms with Crippen molar-refractivity contribution in [2.45, 2.75) is 11.4 Å². The van der Waals surface area contributed by atoms with Crippen molar-refractivity contribution in [2.75, 3.05) is 18.9 Å². The lowest BCUT2D eigenvalue weighted by atomic mass is 10.1. The molecule has 0 atom stereocenters. The monoisotopic (exact) mass is 488 g/mol. The number of nitrogens with one attached hydrogen (secondary N) is 1. The van der Waals surface area contributed by atoms with Gasteiger partial charge >= 0.3 is 0 Å². The van der Waals surface area contributed by atoms with Crippen LogP contribution in [0.2, 0.25) is 0 Å². The number of amides is 1. The normalized spacial score (nSPS) is 11.0. The first-order valence-corrected chi connectivity index (χ1v) is 11.3. The van der Waals surface area contributed by atoms with Crippen LogP contribution in [0.15, 0.2) is 82.2 Å². The highest BCUT2D eigenvalue weighted by Crippen LogP contribution is 2.26. The van der Waals surface area contributed by atoms with E-state index < -0.39 is 10.0 Å². The van der Waals surface area contributed by atoms with Crippen LogP contribution in [-0.2, 0) is 16.6 Å². The van der Waals surface area contributed by atoms with E-state index in [1.54, 1.807) is 36.2 Å². The third-order valence-electron chi connectivity index (χ3n) is 4.47. The number of carbonyl (C=O) groups excluding carboxylic acids is 1. The van der Waals surface area contributed by atoms with Crippen molar-refractivity contribution >= 4 is 37.5 Å². The second-order valence-electron chi connectivity index (χ2n) is 6.58. The summed E-state index contributed by atoms with van der Waals surface area (Å²) in [4.78, 5) is 14.4. The fourth-order valence-corrected chi connectivity index (χ4v) is 4.36. The highest BCUT2D eigenvalue weighted by Gasteiger charge is 2.18. The van der Waals surface area contributed by atoms with Gasteiger partial charge < -0.3 is 9.64 Å². The summed E-state index contributed by atoms with van der Waals surface area (Å²) in [6, 6.07) is 20.3. The summed E-state index contributed by atoms with van der Waals surface area (Å²) in [5.41, 5.74) is 1.72. The molecule has 0 radical (unpaired) electrons. The minimum atomic E-state index is -3.82. The van der Waals surface area contributed by atoms with Crippen LogP contribution in [0, 0.1) is 0 Å². The Labute approximate surface area is 184 Å². The Kier molecular flexibility index (Phi) is 6.79. The number of hydrogen-bond acceptors (Lipinski definition) is 4. The zero-order chi connectivity index (χ0) is 21.7. The molecule has 156 valence electrons. The number of hydrogen-bond donors (Lipinski definition) is 1. The summed E-state index contributed by atoms with van der Waals surface area (Å²) in [5.74, 6) is 0.217. The second-order valence-corrected chi connectivity index (χ2v) is 9.12. The molecule has 0 aromatic heterocycles. The van der Waals surface area contributed by atoms with Gasteiger partial charge in [-0.15, -0.1) is 0 Å². The second kappa shape index (κ2) is 9.32. The van der Waals surface area contributed by atoms with Gasteiger partial charge in [-0.25, -0.2) is 8.42 Å². The Hall–Kier alpha value is -2.84. The van der Waals surface area contributed by atoms with E-state index in [4.69, 9.17) is 4.74 Å². The number of nitrogens with zero attached hydrogens (tertiary/aromatic N) is 1. The first-order chi connectivity index (χ1) is 14.3. The molecular formula is C22H21BrN2O4S. The molecular weight excluding hydrogens is 468 g/mol. The Morgan fingerprint density at radius 1 is 1.00 bits per heavy atom. The van der Waals surface area contributed by atoms with Crippen molar-refractivity contribution in [1.29, 1.82) is 0 Å². The molecule has 30 heavy (non-hydrogen) atoms. The lowest BCUT2D eigenvalue weighted by Gasteiger charge is -2.18. The Balaban J connectivity index is 1.75. The molecule has 0 saturated carbocycles. The van der Waals surface area contributed by atoms with Crippen molar-refractivity contribution < 1.29 is 17.9 Å². The number of ether oxygens (including phenoxy) is 1. The van der Waals surface area contributed by atoms with Crippen LogP contribution < -0.4 is 9.46 Å². The maximum atomic E-state index is 12.7. The Bertz CT molecular complexity index is 1150. The number of carbonyl (C=O) groups is 1. The molecule has 0 bridgehead atoms. The zero-order valence-corrected chi connectivity index (χ0v) is 18.9. The van der Waals surface area contributed by atoms with Crippen LogP contribution in [0.4, 0.5) is 5.69 Å². The van der Waals surface area contributed by atoms with Crippen LogP contribution in [0.25, 0.3) is 0 Å². The van der Waals surface area contributed by atoms with Crippen LogP contribution in [0.3, 0.4) is 0 Å². The molecule has 3 aromatic rings. The number of rotatable bonds is 7. The molecule has 1 N–H and O–H groups in total. The SMILES string of the molecule is COc1ccccc1NS(=O)(=O)c1ccc(C(=O)N(C)Cc2ccccc2Br)cc1. The van der Waals surface area contributed by atoms with Crippen LogP contribution >= 0.6 is 15.9 Å². The minimum Gasteiger partial charge on any atom is -0.495 e. The molecule has 0 spiro atoms. The van der Waals surface area contributed by atoms with Gasteiger partial charge in [0.25, 0.3) is 15.9 Å². The number of halogens is 1. The first kappa shape index (κ1) is 21.9. The van der Waals surface area contributed by atoms with Gasteiger partial charge in [0.1, 0.15) is 5.75 Å². The summed E-state index contributed by atoms with van der Waals surface area (Å²) in [6.45, 7) is 0.426. The largest absolute Gasteiger partial charge is 0.495 e. The average molecular weight is 489 g/mol. The predicted octanol–water partition coefficient (Wildman–Crippen LogP) is 4.53. The van der Waals surface area contributed by atoms with Gasteiger partial charge in [-0.3, -0.25) is 9.52 Å². The van der Waals surface area contributed by atoms with Crippen LogP contribution in [-0.4, -0.2) is 33.4 Å². The van der Waals surface area contributed by atoms with Gasteiger partial charge in [-0.1, -0.05) is 46.3 Å². The van der Waals surface area contributed by atoms with E-state index in [2.05, 4.69) is 20.7 Å². The van der Waals surface area contributed by atoms with E-state index in [-0.39, 0.29) is 10.8 Å². The molecule has 0 aliphatic rings. The molecule has 8 heteroatoms. The fraction of sp³-hybridized carbons (Fsp3) is 0.136. The lowest BCUT2D eigenvalue weighted by Crippen LogP contribution is -2.26. The van der Waals surface area contributed by atoms with Crippen molar-refractivity contribution in [2.24, 2.45) is 0 Å². The molecule has 0 aliphatic heterocycles. The van der Waals surface area contributed by atoms with E-state index in [9.17, 15) is 13.2 Å². The molecule has 0 fully saturated rings. The molecule has 0 saturated heterocycles. The van der Waals surface area contributed by atoms with Crippen molar-refractivity contribution in [3.05, 3.63) is 88.4 Å². The molecule has 1 amide bonds. The molecule has 3 aromatic carbocycles. The lowest BCUT2D eigenvalue weighted by molar-refractivity contribution is 0.0784. The maximum absolute atomic E-state index is 12.7. The topological polar surface area (TPSA) is 75.7 Å². The summed E-state index contributed by atoms with van der Waals surface area (Å²) in [7, 11) is -0.650. The zero-order valence-electron chi connectivity index (χ0n) is 16.5. The van der Waals surface area contributed by atoms with Crippen molar-refractivity contribution in [3.63, 3.8) is 0 Å². The van der Waals surface area contributed by atoms with E-state index in [1.807, 2.05) is 24.3 Å². The van der Waals surface area contributed by atoms with E-state index in [1.165, 1.54) is 31.4 Å². The van der Waals surface area contributed by atoms with E-state index in [0.717, 1.165) is 10.0 Å². The van der Waals surface area contributed by atoms with Gasteiger partial charge in [-0.05, 0) is 48.0 Å². The highest BCUT2D eigenvalue weighted by atomic mass is 79.9. The number of benzene rings is 3. The van der Waals surface area contributed by atoms with Gasteiger partial charge in [0, 0.05) is 23.6 Å². The summed E-state index contributed by atoms with van der Waals surface area (Å²) < 4.78 is 34.0. The van der Waals surface area contributed by atoms with E-state index >= 15 is 0 Å². The first-order valence-electron chi connectivity index (χ1n) is 9.06. The number of methoxy groups -OCH3 is 1. The van der Waals surface area contributed by atoms with Crippen molar-refractivity contribution in [3.8, 4) is 5.75 Å². The molecule has 3 rings (SSSR count). The quantitative estimate of drug-likeness (QED) is 0.529. The average Bonchev–Trinajstić information content (AvgIpc) is 2.75. The molecule has 0 aliphatic carbocycles. The van der Waals surface area contributed by atoms with Gasteiger partial charge in [0.15, 0.2) is 0 Å². The Morgan fingerprint density at radius 3 is 2.30 bits per heavy atom. The molecule has 0 unspecified atom stereocenters. The van der Waals surface area contributed by atoms with Gasteiger partial charge in [-0.2, -0.15) is 0 Å². The Morgan fingerprint density at radius 2 is 1.63 bits per heavy atom. The van der Waals surface area contributed by atoms with Gasteiger partial charge in [0.05, 0.1) is 17.7 Å².